The fraction of sp³-hybridized carbons (Fsp3) is 0.417. The Labute approximate surface area is 275 Å². The molecule has 5 amide bonds. The van der Waals surface area contributed by atoms with Crippen LogP contribution in [-0.2, 0) is 27.3 Å². The first-order valence-electron chi connectivity index (χ1n) is 16.0. The molecule has 0 spiro atoms. The van der Waals surface area contributed by atoms with Gasteiger partial charge in [0.25, 0.3) is 0 Å². The lowest BCUT2D eigenvalue weighted by Crippen LogP contribution is -2.70. The van der Waals surface area contributed by atoms with Crippen molar-refractivity contribution in [3.63, 3.8) is 0 Å². The first kappa shape index (κ1) is 33.4. The van der Waals surface area contributed by atoms with Crippen molar-refractivity contribution in [2.75, 3.05) is 32.1 Å². The Balaban J connectivity index is 1.34. The highest BCUT2D eigenvalue weighted by Gasteiger charge is 2.55. The number of likely N-dealkylation sites (tertiary alicyclic amines) is 2. The van der Waals surface area contributed by atoms with Gasteiger partial charge >= 0.3 is 12.1 Å². The lowest BCUT2D eigenvalue weighted by Gasteiger charge is -2.47. The average Bonchev–Trinajstić information content (AvgIpc) is 3.07. The van der Waals surface area contributed by atoms with E-state index in [4.69, 9.17) is 9.47 Å². The van der Waals surface area contributed by atoms with Gasteiger partial charge in [0.2, 0.25) is 11.8 Å². The Morgan fingerprint density at radius 3 is 2.40 bits per heavy atom. The number of amides is 5. The summed E-state index contributed by atoms with van der Waals surface area (Å²) < 4.78 is 11.0. The fourth-order valence-electron chi connectivity index (χ4n) is 6.17. The average molecular weight is 642 g/mol. The number of piperidine rings is 1. The number of carbonyl (C=O) groups is 4. The smallest absolute Gasteiger partial charge is 0.416 e. The van der Waals surface area contributed by atoms with Gasteiger partial charge in [-0.1, -0.05) is 42.5 Å². The van der Waals surface area contributed by atoms with Crippen LogP contribution in [0.4, 0.5) is 15.4 Å². The first-order valence-corrected chi connectivity index (χ1v) is 16.0. The molecule has 0 unspecified atom stereocenters. The van der Waals surface area contributed by atoms with Crippen molar-refractivity contribution in [1.29, 1.82) is 0 Å². The zero-order valence-electron chi connectivity index (χ0n) is 27.6. The van der Waals surface area contributed by atoms with Crippen LogP contribution in [0.5, 0.6) is 5.75 Å². The molecule has 2 aliphatic rings. The highest BCUT2D eigenvalue weighted by atomic mass is 16.6. The molecule has 1 aromatic heterocycles. The topological polar surface area (TPSA) is 121 Å². The van der Waals surface area contributed by atoms with Crippen molar-refractivity contribution in [2.45, 2.75) is 64.1 Å². The van der Waals surface area contributed by atoms with Crippen LogP contribution >= 0.6 is 0 Å². The summed E-state index contributed by atoms with van der Waals surface area (Å²) in [6, 6.07) is 19.5. The molecular formula is C36H43N5O6. The Morgan fingerprint density at radius 1 is 1.02 bits per heavy atom. The molecule has 0 radical (unpaired) electrons. The number of hydrogen-bond acceptors (Lipinski definition) is 7. The zero-order valence-corrected chi connectivity index (χ0v) is 27.6. The number of benzene rings is 2. The molecule has 0 aliphatic carbocycles. The van der Waals surface area contributed by atoms with E-state index < -0.39 is 41.5 Å². The predicted molar refractivity (Wildman–Crippen MR) is 177 cm³/mol. The lowest BCUT2D eigenvalue weighted by atomic mass is 9.82. The van der Waals surface area contributed by atoms with Gasteiger partial charge in [0, 0.05) is 32.3 Å². The minimum absolute atomic E-state index is 0.167. The maximum atomic E-state index is 13.7. The minimum Gasteiger partial charge on any atom is -0.497 e. The summed E-state index contributed by atoms with van der Waals surface area (Å²) in [6.45, 7) is 6.57. The van der Waals surface area contributed by atoms with Crippen LogP contribution in [0.25, 0.3) is 0 Å². The van der Waals surface area contributed by atoms with Crippen LogP contribution < -0.4 is 15.0 Å². The molecule has 0 saturated carbocycles. The number of carbonyl (C=O) groups excluding carboxylic acids is 4. The van der Waals surface area contributed by atoms with E-state index in [0.29, 0.717) is 30.2 Å². The van der Waals surface area contributed by atoms with Gasteiger partial charge in [-0.2, -0.15) is 0 Å². The minimum atomic E-state index is -0.949. The van der Waals surface area contributed by atoms with Gasteiger partial charge in [-0.05, 0) is 81.0 Å². The van der Waals surface area contributed by atoms with Crippen LogP contribution in [0.2, 0.25) is 0 Å². The van der Waals surface area contributed by atoms with E-state index in [-0.39, 0.29) is 18.9 Å². The van der Waals surface area contributed by atoms with Crippen molar-refractivity contribution in [2.24, 2.45) is 5.92 Å². The summed E-state index contributed by atoms with van der Waals surface area (Å²) in [5, 5.41) is 2.63. The Morgan fingerprint density at radius 2 is 1.74 bits per heavy atom. The molecule has 3 atom stereocenters. The van der Waals surface area contributed by atoms with Crippen molar-refractivity contribution >= 4 is 29.8 Å². The molecule has 3 aromatic rings. The zero-order chi connectivity index (χ0) is 33.7. The molecule has 3 heterocycles. The summed E-state index contributed by atoms with van der Waals surface area (Å²) in [7, 11) is 3.09. The molecule has 11 nitrogen and oxygen atoms in total. The van der Waals surface area contributed by atoms with E-state index in [1.807, 2.05) is 42.5 Å². The van der Waals surface area contributed by atoms with Gasteiger partial charge in [0.05, 0.1) is 19.6 Å². The number of anilines is 1. The van der Waals surface area contributed by atoms with E-state index in [0.717, 1.165) is 28.9 Å². The van der Waals surface area contributed by atoms with Crippen LogP contribution in [0, 0.1) is 5.92 Å². The van der Waals surface area contributed by atoms with E-state index in [1.54, 1.807) is 51.1 Å². The van der Waals surface area contributed by atoms with Crippen molar-refractivity contribution < 1.29 is 28.7 Å². The molecule has 2 aromatic carbocycles. The van der Waals surface area contributed by atoms with E-state index in [1.165, 1.54) is 11.9 Å². The standard InChI is InChI=1S/C36H43N5O6/c1-36(2,3)47-35(45)40(22-24-13-15-28(46-5)16-14-24)30-21-25(17-18-38-30)20-29-31(32(42)37-4)41(33(29)43)34(44)39-19-9-12-27(23-39)26-10-7-6-8-11-26/h6-8,10-11,13-18,21,27,29,31H,9,12,19-20,22-23H2,1-5H3,(H,37,42)/t27-,29+,31-/m0/s1. The molecule has 2 fully saturated rings. The first-order chi connectivity index (χ1) is 22.5. The van der Waals surface area contributed by atoms with Gasteiger partial charge in [-0.25, -0.2) is 14.6 Å². The molecule has 248 valence electrons. The molecule has 5 rings (SSSR count). The summed E-state index contributed by atoms with van der Waals surface area (Å²) in [5.41, 5.74) is 1.94. The number of nitrogens with zero attached hydrogens (tertiary/aromatic N) is 4. The number of imide groups is 1. The normalized spacial score (nSPS) is 19.4. The third kappa shape index (κ3) is 7.73. The van der Waals surface area contributed by atoms with Crippen molar-refractivity contribution in [3.8, 4) is 5.75 Å². The molecule has 1 N–H and O–H groups in total. The van der Waals surface area contributed by atoms with E-state index in [2.05, 4.69) is 22.4 Å². The number of methoxy groups -OCH3 is 1. The fourth-order valence-corrected chi connectivity index (χ4v) is 6.17. The maximum Gasteiger partial charge on any atom is 0.416 e. The quantitative estimate of drug-likeness (QED) is 0.338. The molecular weight excluding hydrogens is 598 g/mol. The van der Waals surface area contributed by atoms with Gasteiger partial charge in [0.15, 0.2) is 0 Å². The number of likely N-dealkylation sites (N-methyl/N-ethyl adjacent to an activating group) is 1. The van der Waals surface area contributed by atoms with Gasteiger partial charge in [-0.15, -0.1) is 0 Å². The van der Waals surface area contributed by atoms with Crippen LogP contribution in [0.1, 0.15) is 56.2 Å². The second-order valence-corrected chi connectivity index (χ2v) is 13.0. The van der Waals surface area contributed by atoms with Crippen molar-refractivity contribution in [3.05, 3.63) is 89.6 Å². The SMILES string of the molecule is CNC(=O)[C@@H]1[C@@H](Cc2ccnc(N(Cc3ccc(OC)cc3)C(=O)OC(C)(C)C)c2)C(=O)N1C(=O)N1CCC[C@H](c2ccccc2)C1. The Hall–Kier alpha value is -4.93. The summed E-state index contributed by atoms with van der Waals surface area (Å²) in [4.78, 5) is 62.5. The predicted octanol–water partition coefficient (Wildman–Crippen LogP) is 5.15. The van der Waals surface area contributed by atoms with Crippen molar-refractivity contribution in [1.82, 2.24) is 20.1 Å². The Kier molecular flexibility index (Phi) is 10.1. The number of β-lactam (4-membered cyclic amide) rings is 1. The number of aromatic nitrogens is 1. The highest BCUT2D eigenvalue weighted by molar-refractivity contribution is 6.09. The molecule has 0 bridgehead atoms. The number of nitrogens with one attached hydrogen (secondary N) is 1. The van der Waals surface area contributed by atoms with Gasteiger partial charge in [-0.3, -0.25) is 19.4 Å². The van der Waals surface area contributed by atoms with Crippen LogP contribution in [0.15, 0.2) is 72.9 Å². The molecule has 2 saturated heterocycles. The number of hydrogen-bond donors (Lipinski definition) is 1. The number of pyridine rings is 1. The number of ether oxygens (including phenoxy) is 2. The third-order valence-electron chi connectivity index (χ3n) is 8.55. The second-order valence-electron chi connectivity index (χ2n) is 13.0. The van der Waals surface area contributed by atoms with Gasteiger partial charge < -0.3 is 19.7 Å². The third-order valence-corrected chi connectivity index (χ3v) is 8.55. The number of rotatable bonds is 8. The monoisotopic (exact) mass is 641 g/mol. The van der Waals surface area contributed by atoms with E-state index >= 15 is 0 Å². The Bertz CT molecular complexity index is 1590. The molecule has 2 aliphatic heterocycles. The van der Waals surface area contributed by atoms with E-state index in [9.17, 15) is 19.2 Å². The summed E-state index contributed by atoms with van der Waals surface area (Å²) in [6.07, 6.45) is 2.94. The highest BCUT2D eigenvalue weighted by Crippen LogP contribution is 2.34. The number of urea groups is 1. The van der Waals surface area contributed by atoms with Crippen LogP contribution in [-0.4, -0.2) is 77.6 Å². The van der Waals surface area contributed by atoms with Crippen LogP contribution in [0.3, 0.4) is 0 Å². The second kappa shape index (κ2) is 14.2. The lowest BCUT2D eigenvalue weighted by molar-refractivity contribution is -0.158. The summed E-state index contributed by atoms with van der Waals surface area (Å²) >= 11 is 0. The summed E-state index contributed by atoms with van der Waals surface area (Å²) in [5.74, 6) is -0.350. The largest absolute Gasteiger partial charge is 0.497 e. The maximum absolute atomic E-state index is 13.7. The molecule has 47 heavy (non-hydrogen) atoms. The molecule has 11 heteroatoms. The van der Waals surface area contributed by atoms with Gasteiger partial charge in [0.1, 0.15) is 23.2 Å².